The second-order valence-corrected chi connectivity index (χ2v) is 5.25. The number of benzene rings is 1. The zero-order valence-corrected chi connectivity index (χ0v) is 11.6. The average molecular weight is 248 g/mol. The smallest absolute Gasteiger partial charge is 0.0700 e. The first-order valence-electron chi connectivity index (χ1n) is 6.79. The highest BCUT2D eigenvalue weighted by Gasteiger charge is 2.16. The molecule has 0 aromatic heterocycles. The van der Waals surface area contributed by atoms with Crippen molar-refractivity contribution in [1.82, 2.24) is 5.32 Å². The van der Waals surface area contributed by atoms with Crippen molar-refractivity contribution >= 4 is 5.69 Å². The average Bonchev–Trinajstić information content (AvgIpc) is 2.89. The van der Waals surface area contributed by atoms with Crippen LogP contribution < -0.4 is 10.2 Å². The van der Waals surface area contributed by atoms with E-state index in [1.807, 2.05) is 0 Å². The number of rotatable bonds is 5. The molecule has 1 aliphatic heterocycles. The van der Waals surface area contributed by atoms with E-state index in [1.54, 1.807) is 0 Å². The predicted molar refractivity (Wildman–Crippen MR) is 76.2 cm³/mol. The Kier molecular flexibility index (Phi) is 4.61. The first-order valence-corrected chi connectivity index (χ1v) is 6.79. The van der Waals surface area contributed by atoms with E-state index in [-0.39, 0.29) is 0 Å². The number of hydrogen-bond donors (Lipinski definition) is 1. The van der Waals surface area contributed by atoms with Gasteiger partial charge in [-0.3, -0.25) is 0 Å². The van der Waals surface area contributed by atoms with Crippen LogP contribution in [0.4, 0.5) is 5.69 Å². The minimum Gasteiger partial charge on any atom is -0.378 e. The molecule has 2 rings (SSSR count). The third kappa shape index (κ3) is 3.47. The summed E-state index contributed by atoms with van der Waals surface area (Å²) >= 11 is 0. The molecule has 1 aromatic rings. The van der Waals surface area contributed by atoms with E-state index in [2.05, 4.69) is 55.5 Å². The molecule has 1 N–H and O–H groups in total. The maximum Gasteiger partial charge on any atom is 0.0700 e. The van der Waals surface area contributed by atoms with Gasteiger partial charge in [0.05, 0.1) is 6.10 Å². The van der Waals surface area contributed by atoms with Gasteiger partial charge in [-0.15, -0.1) is 0 Å². The zero-order chi connectivity index (χ0) is 13.0. The van der Waals surface area contributed by atoms with Gasteiger partial charge in [0.25, 0.3) is 0 Å². The number of anilines is 1. The van der Waals surface area contributed by atoms with Gasteiger partial charge in [0.2, 0.25) is 0 Å². The largest absolute Gasteiger partial charge is 0.378 e. The molecule has 1 aliphatic rings. The van der Waals surface area contributed by atoms with E-state index in [1.165, 1.54) is 24.1 Å². The lowest BCUT2D eigenvalue weighted by atomic mass is 10.1. The molecule has 1 fully saturated rings. The lowest BCUT2D eigenvalue weighted by molar-refractivity contribution is 0.108. The van der Waals surface area contributed by atoms with Gasteiger partial charge in [-0.1, -0.05) is 12.1 Å². The Labute approximate surface area is 110 Å². The van der Waals surface area contributed by atoms with Gasteiger partial charge in [-0.05, 0) is 37.5 Å². The van der Waals surface area contributed by atoms with E-state index >= 15 is 0 Å². The third-order valence-corrected chi connectivity index (χ3v) is 3.59. The Balaban J connectivity index is 1.85. The molecule has 0 aliphatic carbocycles. The highest BCUT2D eigenvalue weighted by molar-refractivity contribution is 5.46. The van der Waals surface area contributed by atoms with Gasteiger partial charge in [0.1, 0.15) is 0 Å². The van der Waals surface area contributed by atoms with Crippen molar-refractivity contribution in [2.45, 2.75) is 31.9 Å². The minimum absolute atomic E-state index is 0.380. The van der Waals surface area contributed by atoms with Crippen LogP contribution in [0.25, 0.3) is 0 Å². The molecule has 1 aromatic carbocycles. The van der Waals surface area contributed by atoms with Crippen LogP contribution in [-0.2, 0) is 4.74 Å². The summed E-state index contributed by atoms with van der Waals surface area (Å²) in [5.74, 6) is 0. The topological polar surface area (TPSA) is 24.5 Å². The van der Waals surface area contributed by atoms with Crippen molar-refractivity contribution in [2.24, 2.45) is 0 Å². The van der Waals surface area contributed by atoms with Crippen LogP contribution in [0.5, 0.6) is 0 Å². The maximum absolute atomic E-state index is 5.62. The van der Waals surface area contributed by atoms with Crippen molar-refractivity contribution in [2.75, 3.05) is 32.1 Å². The van der Waals surface area contributed by atoms with Gasteiger partial charge in [0, 0.05) is 39.0 Å². The van der Waals surface area contributed by atoms with E-state index in [0.29, 0.717) is 12.1 Å². The Hall–Kier alpha value is -1.06. The van der Waals surface area contributed by atoms with E-state index in [4.69, 9.17) is 4.74 Å². The Morgan fingerprint density at radius 2 is 2.06 bits per heavy atom. The molecule has 100 valence electrons. The highest BCUT2D eigenvalue weighted by atomic mass is 16.5. The summed E-state index contributed by atoms with van der Waals surface area (Å²) in [7, 11) is 4.13. The second-order valence-electron chi connectivity index (χ2n) is 5.25. The van der Waals surface area contributed by atoms with Crippen molar-refractivity contribution in [3.05, 3.63) is 29.8 Å². The van der Waals surface area contributed by atoms with Crippen LogP contribution >= 0.6 is 0 Å². The summed E-state index contributed by atoms with van der Waals surface area (Å²) in [4.78, 5) is 2.12. The SMILES string of the molecule is CC(NCC1CCCO1)c1ccc(N(C)C)cc1. The summed E-state index contributed by atoms with van der Waals surface area (Å²) < 4.78 is 5.62. The summed E-state index contributed by atoms with van der Waals surface area (Å²) in [6.07, 6.45) is 2.81. The fourth-order valence-corrected chi connectivity index (χ4v) is 2.29. The van der Waals surface area contributed by atoms with Gasteiger partial charge in [-0.25, -0.2) is 0 Å². The molecule has 0 amide bonds. The van der Waals surface area contributed by atoms with E-state index < -0.39 is 0 Å². The Morgan fingerprint density at radius 1 is 1.33 bits per heavy atom. The zero-order valence-electron chi connectivity index (χ0n) is 11.6. The number of hydrogen-bond acceptors (Lipinski definition) is 3. The first-order chi connectivity index (χ1) is 8.66. The molecule has 2 atom stereocenters. The number of nitrogens with one attached hydrogen (secondary N) is 1. The number of ether oxygens (including phenoxy) is 1. The molecule has 2 unspecified atom stereocenters. The van der Waals surface area contributed by atoms with Crippen molar-refractivity contribution in [1.29, 1.82) is 0 Å². The fraction of sp³-hybridized carbons (Fsp3) is 0.600. The molecule has 3 heteroatoms. The summed E-state index contributed by atoms with van der Waals surface area (Å²) in [5, 5.41) is 3.55. The quantitative estimate of drug-likeness (QED) is 0.867. The highest BCUT2D eigenvalue weighted by Crippen LogP contribution is 2.18. The van der Waals surface area contributed by atoms with Crippen LogP contribution in [0.15, 0.2) is 24.3 Å². The molecule has 0 radical (unpaired) electrons. The molecule has 18 heavy (non-hydrogen) atoms. The van der Waals surface area contributed by atoms with Gasteiger partial charge in [-0.2, -0.15) is 0 Å². The van der Waals surface area contributed by atoms with Gasteiger partial charge < -0.3 is 15.0 Å². The Bertz CT molecular complexity index is 355. The molecule has 0 bridgehead atoms. The maximum atomic E-state index is 5.62. The molecule has 1 saturated heterocycles. The van der Waals surface area contributed by atoms with Crippen molar-refractivity contribution in [3.63, 3.8) is 0 Å². The molecular weight excluding hydrogens is 224 g/mol. The molecule has 3 nitrogen and oxygen atoms in total. The Morgan fingerprint density at radius 3 is 2.61 bits per heavy atom. The first kappa shape index (κ1) is 13.4. The van der Waals surface area contributed by atoms with Gasteiger partial charge >= 0.3 is 0 Å². The predicted octanol–water partition coefficient (Wildman–Crippen LogP) is 2.58. The summed E-state index contributed by atoms with van der Waals surface area (Å²) in [6, 6.07) is 9.11. The lowest BCUT2D eigenvalue weighted by Gasteiger charge is -2.18. The van der Waals surface area contributed by atoms with E-state index in [9.17, 15) is 0 Å². The standard InChI is InChI=1S/C15H24N2O/c1-12(16-11-15-5-4-10-18-15)13-6-8-14(9-7-13)17(2)3/h6-9,12,15-16H,4-5,10-11H2,1-3H3. The normalized spacial score (nSPS) is 20.9. The van der Waals surface area contributed by atoms with Crippen molar-refractivity contribution in [3.8, 4) is 0 Å². The summed E-state index contributed by atoms with van der Waals surface area (Å²) in [6.45, 7) is 4.09. The fourth-order valence-electron chi connectivity index (χ4n) is 2.29. The molecule has 1 heterocycles. The molecule has 0 saturated carbocycles. The van der Waals surface area contributed by atoms with Crippen LogP contribution in [0, 0.1) is 0 Å². The van der Waals surface area contributed by atoms with Crippen molar-refractivity contribution < 1.29 is 4.74 Å². The number of nitrogens with zero attached hydrogens (tertiary/aromatic N) is 1. The second kappa shape index (κ2) is 6.21. The monoisotopic (exact) mass is 248 g/mol. The van der Waals surface area contributed by atoms with Gasteiger partial charge in [0.15, 0.2) is 0 Å². The summed E-state index contributed by atoms with van der Waals surface area (Å²) in [5.41, 5.74) is 2.57. The lowest BCUT2D eigenvalue weighted by Crippen LogP contribution is -2.28. The van der Waals surface area contributed by atoms with Crippen LogP contribution in [0.1, 0.15) is 31.4 Å². The third-order valence-electron chi connectivity index (χ3n) is 3.59. The van der Waals surface area contributed by atoms with Crippen LogP contribution in [0.2, 0.25) is 0 Å². The van der Waals surface area contributed by atoms with E-state index in [0.717, 1.165) is 13.2 Å². The van der Waals surface area contributed by atoms with Crippen LogP contribution in [-0.4, -0.2) is 33.4 Å². The minimum atomic E-state index is 0.380. The molecule has 0 spiro atoms. The van der Waals surface area contributed by atoms with Crippen LogP contribution in [0.3, 0.4) is 0 Å². The molecular formula is C15H24N2O.